The lowest BCUT2D eigenvalue weighted by Crippen LogP contribution is -2.21. The molecule has 1 aliphatic heterocycles. The molecule has 0 fully saturated rings. The lowest BCUT2D eigenvalue weighted by Gasteiger charge is -2.19. The normalized spacial score (nSPS) is 13.5. The van der Waals surface area contributed by atoms with Crippen LogP contribution in [0.5, 0.6) is 11.5 Å². The fourth-order valence-corrected chi connectivity index (χ4v) is 2.29. The highest BCUT2D eigenvalue weighted by Crippen LogP contribution is 2.34. The summed E-state index contributed by atoms with van der Waals surface area (Å²) in [6.45, 7) is 6.32. The third kappa shape index (κ3) is 3.34. The van der Waals surface area contributed by atoms with Crippen molar-refractivity contribution in [2.75, 3.05) is 13.2 Å². The molecule has 4 heteroatoms. The van der Waals surface area contributed by atoms with E-state index in [1.165, 1.54) is 5.56 Å². The van der Waals surface area contributed by atoms with Crippen molar-refractivity contribution in [2.45, 2.75) is 26.4 Å². The van der Waals surface area contributed by atoms with Crippen molar-refractivity contribution in [3.05, 3.63) is 42.2 Å². The van der Waals surface area contributed by atoms with Crippen molar-refractivity contribution < 1.29 is 9.47 Å². The number of nitrogens with zero attached hydrogens (tertiary/aromatic N) is 1. The van der Waals surface area contributed by atoms with E-state index in [0.717, 1.165) is 29.2 Å². The molecule has 0 amide bonds. The zero-order valence-electron chi connectivity index (χ0n) is 12.4. The lowest BCUT2D eigenvalue weighted by molar-refractivity contribution is 0.171. The Morgan fingerprint density at radius 3 is 2.67 bits per heavy atom. The summed E-state index contributed by atoms with van der Waals surface area (Å²) < 4.78 is 11.2. The molecule has 0 aliphatic carbocycles. The number of ether oxygens (including phenoxy) is 2. The predicted molar refractivity (Wildman–Crippen MR) is 82.6 cm³/mol. The van der Waals surface area contributed by atoms with Crippen LogP contribution in [0.3, 0.4) is 0 Å². The maximum Gasteiger partial charge on any atom is 0.161 e. The second-order valence-corrected chi connectivity index (χ2v) is 5.48. The van der Waals surface area contributed by atoms with E-state index < -0.39 is 0 Å². The first-order valence-electron chi connectivity index (χ1n) is 7.30. The largest absolute Gasteiger partial charge is 0.486 e. The van der Waals surface area contributed by atoms with Crippen LogP contribution in [-0.2, 0) is 6.54 Å². The molecule has 2 heterocycles. The Hall–Kier alpha value is -2.07. The zero-order valence-corrected chi connectivity index (χ0v) is 12.4. The molecule has 3 rings (SSSR count). The summed E-state index contributed by atoms with van der Waals surface area (Å²) in [5, 5.41) is 3.41. The van der Waals surface area contributed by atoms with Crippen molar-refractivity contribution in [3.8, 4) is 22.6 Å². The average molecular weight is 284 g/mol. The highest BCUT2D eigenvalue weighted by Gasteiger charge is 2.12. The molecule has 110 valence electrons. The van der Waals surface area contributed by atoms with Gasteiger partial charge in [-0.2, -0.15) is 0 Å². The maximum absolute atomic E-state index is 5.64. The molecule has 0 atom stereocenters. The lowest BCUT2D eigenvalue weighted by atomic mass is 10.1. The SMILES string of the molecule is CC(C)NCc1cncc(-c2ccc3c(c2)OCCO3)c1. The Morgan fingerprint density at radius 1 is 1.05 bits per heavy atom. The van der Waals surface area contributed by atoms with Crippen LogP contribution in [0.25, 0.3) is 11.1 Å². The van der Waals surface area contributed by atoms with Gasteiger partial charge in [0, 0.05) is 30.5 Å². The second kappa shape index (κ2) is 6.14. The van der Waals surface area contributed by atoms with Crippen molar-refractivity contribution in [1.82, 2.24) is 10.3 Å². The summed E-state index contributed by atoms with van der Waals surface area (Å²) in [6, 6.07) is 8.65. The zero-order chi connectivity index (χ0) is 14.7. The predicted octanol–water partition coefficient (Wildman–Crippen LogP) is 3.02. The monoisotopic (exact) mass is 284 g/mol. The number of nitrogens with one attached hydrogen (secondary N) is 1. The minimum atomic E-state index is 0.461. The highest BCUT2D eigenvalue weighted by atomic mass is 16.6. The number of hydrogen-bond acceptors (Lipinski definition) is 4. The van der Waals surface area contributed by atoms with Crippen molar-refractivity contribution in [3.63, 3.8) is 0 Å². The number of benzene rings is 1. The molecule has 0 unspecified atom stereocenters. The molecular weight excluding hydrogens is 264 g/mol. The van der Waals surface area contributed by atoms with Crippen LogP contribution in [0.4, 0.5) is 0 Å². The first-order chi connectivity index (χ1) is 10.2. The minimum Gasteiger partial charge on any atom is -0.486 e. The summed E-state index contributed by atoms with van der Waals surface area (Å²) in [5.74, 6) is 1.63. The van der Waals surface area contributed by atoms with Gasteiger partial charge in [-0.05, 0) is 29.3 Å². The smallest absolute Gasteiger partial charge is 0.161 e. The van der Waals surface area contributed by atoms with E-state index in [4.69, 9.17) is 9.47 Å². The molecule has 1 aliphatic rings. The quantitative estimate of drug-likeness (QED) is 0.937. The van der Waals surface area contributed by atoms with Gasteiger partial charge in [0.15, 0.2) is 11.5 Å². The number of rotatable bonds is 4. The highest BCUT2D eigenvalue weighted by molar-refractivity contribution is 5.67. The summed E-state index contributed by atoms with van der Waals surface area (Å²) in [5.41, 5.74) is 3.37. The second-order valence-electron chi connectivity index (χ2n) is 5.48. The molecule has 0 spiro atoms. The number of fused-ring (bicyclic) bond motifs is 1. The molecule has 1 N–H and O–H groups in total. The van der Waals surface area contributed by atoms with E-state index in [1.807, 2.05) is 30.6 Å². The fourth-order valence-electron chi connectivity index (χ4n) is 2.29. The van der Waals surface area contributed by atoms with E-state index in [9.17, 15) is 0 Å². The van der Waals surface area contributed by atoms with Gasteiger partial charge in [-0.15, -0.1) is 0 Å². The van der Waals surface area contributed by atoms with Gasteiger partial charge < -0.3 is 14.8 Å². The Kier molecular flexibility index (Phi) is 4.06. The molecule has 0 saturated carbocycles. The van der Waals surface area contributed by atoms with Gasteiger partial charge in [-0.3, -0.25) is 4.98 Å². The van der Waals surface area contributed by atoms with E-state index >= 15 is 0 Å². The van der Waals surface area contributed by atoms with Crippen LogP contribution in [0.1, 0.15) is 19.4 Å². The van der Waals surface area contributed by atoms with Crippen LogP contribution < -0.4 is 14.8 Å². The number of aromatic nitrogens is 1. The Labute approximate surface area is 125 Å². The number of hydrogen-bond donors (Lipinski definition) is 1. The van der Waals surface area contributed by atoms with Gasteiger partial charge in [0.05, 0.1) is 0 Å². The van der Waals surface area contributed by atoms with Crippen LogP contribution in [0.2, 0.25) is 0 Å². The van der Waals surface area contributed by atoms with Crippen molar-refractivity contribution in [1.29, 1.82) is 0 Å². The summed E-state index contributed by atoms with van der Waals surface area (Å²) >= 11 is 0. The summed E-state index contributed by atoms with van der Waals surface area (Å²) in [6.07, 6.45) is 3.78. The van der Waals surface area contributed by atoms with Gasteiger partial charge >= 0.3 is 0 Å². The van der Waals surface area contributed by atoms with Crippen LogP contribution in [0.15, 0.2) is 36.7 Å². The average Bonchev–Trinajstić information content (AvgIpc) is 2.53. The van der Waals surface area contributed by atoms with Crippen molar-refractivity contribution in [2.24, 2.45) is 0 Å². The molecule has 0 radical (unpaired) electrons. The van der Waals surface area contributed by atoms with E-state index in [2.05, 4.69) is 30.2 Å². The third-order valence-corrected chi connectivity index (χ3v) is 3.38. The first kappa shape index (κ1) is 13.9. The number of pyridine rings is 1. The molecule has 0 bridgehead atoms. The Bertz CT molecular complexity index is 626. The van der Waals surface area contributed by atoms with Crippen molar-refractivity contribution >= 4 is 0 Å². The fraction of sp³-hybridized carbons (Fsp3) is 0.353. The molecular formula is C17H20N2O2. The first-order valence-corrected chi connectivity index (χ1v) is 7.30. The maximum atomic E-state index is 5.64. The van der Waals surface area contributed by atoms with E-state index in [-0.39, 0.29) is 0 Å². The molecule has 4 nitrogen and oxygen atoms in total. The Morgan fingerprint density at radius 2 is 1.86 bits per heavy atom. The van der Waals surface area contributed by atoms with Gasteiger partial charge in [0.2, 0.25) is 0 Å². The summed E-state index contributed by atoms with van der Waals surface area (Å²) in [4.78, 5) is 4.34. The van der Waals surface area contributed by atoms with E-state index in [1.54, 1.807) is 0 Å². The molecule has 1 aromatic carbocycles. The topological polar surface area (TPSA) is 43.4 Å². The van der Waals surface area contributed by atoms with Crippen LogP contribution in [0, 0.1) is 0 Å². The molecule has 0 saturated heterocycles. The Balaban J connectivity index is 1.84. The van der Waals surface area contributed by atoms with Crippen LogP contribution >= 0.6 is 0 Å². The van der Waals surface area contributed by atoms with Gasteiger partial charge in [-0.1, -0.05) is 19.9 Å². The molecule has 21 heavy (non-hydrogen) atoms. The van der Waals surface area contributed by atoms with E-state index in [0.29, 0.717) is 19.3 Å². The minimum absolute atomic E-state index is 0.461. The third-order valence-electron chi connectivity index (χ3n) is 3.38. The summed E-state index contributed by atoms with van der Waals surface area (Å²) in [7, 11) is 0. The molecule has 1 aromatic heterocycles. The van der Waals surface area contributed by atoms with Crippen LogP contribution in [-0.4, -0.2) is 24.2 Å². The van der Waals surface area contributed by atoms with Gasteiger partial charge in [-0.25, -0.2) is 0 Å². The van der Waals surface area contributed by atoms with Gasteiger partial charge in [0.25, 0.3) is 0 Å². The molecule has 2 aromatic rings. The van der Waals surface area contributed by atoms with Gasteiger partial charge in [0.1, 0.15) is 13.2 Å². The standard InChI is InChI=1S/C17H20N2O2/c1-12(2)19-10-13-7-15(11-18-9-13)14-3-4-16-17(8-14)21-6-5-20-16/h3-4,7-9,11-12,19H,5-6,10H2,1-2H3.